The van der Waals surface area contributed by atoms with Gasteiger partial charge in [-0.25, -0.2) is 9.97 Å². The summed E-state index contributed by atoms with van der Waals surface area (Å²) in [5.41, 5.74) is 3.17. The lowest BCUT2D eigenvalue weighted by Crippen LogP contribution is -2.06. The summed E-state index contributed by atoms with van der Waals surface area (Å²) in [5.74, 6) is 1.44. The molecule has 0 bridgehead atoms. The molecule has 0 atom stereocenters. The van der Waals surface area contributed by atoms with Crippen LogP contribution < -0.4 is 10.1 Å². The second-order valence-corrected chi connectivity index (χ2v) is 7.43. The van der Waals surface area contributed by atoms with E-state index in [1.165, 1.54) is 5.56 Å². The Morgan fingerprint density at radius 3 is 2.75 bits per heavy atom. The second-order valence-electron chi connectivity index (χ2n) is 6.43. The highest BCUT2D eigenvalue weighted by Gasteiger charge is 2.14. The van der Waals surface area contributed by atoms with E-state index >= 15 is 0 Å². The van der Waals surface area contributed by atoms with Gasteiger partial charge < -0.3 is 14.8 Å². The third-order valence-corrected chi connectivity index (χ3v) is 5.69. The Bertz CT molecular complexity index is 1110. The highest BCUT2D eigenvalue weighted by Crippen LogP contribution is 2.37. The van der Waals surface area contributed by atoms with Gasteiger partial charge in [-0.2, -0.15) is 5.10 Å². The Morgan fingerprint density at radius 1 is 1.07 bits per heavy atom. The van der Waals surface area contributed by atoms with Crippen molar-refractivity contribution < 1.29 is 9.47 Å². The van der Waals surface area contributed by atoms with Crippen molar-refractivity contribution in [2.24, 2.45) is 0 Å². The molecule has 0 spiro atoms. The number of pyridine rings is 2. The topological polar surface area (TPSA) is 82.0 Å². The minimum atomic E-state index is 0.487. The summed E-state index contributed by atoms with van der Waals surface area (Å²) in [7, 11) is 1.64. The summed E-state index contributed by atoms with van der Waals surface area (Å²) in [4.78, 5) is 9.79. The van der Waals surface area contributed by atoms with E-state index in [0.29, 0.717) is 25.6 Å². The van der Waals surface area contributed by atoms with Crippen molar-refractivity contribution in [2.75, 3.05) is 25.6 Å². The average Bonchev–Trinajstić information content (AvgIpc) is 3.10. The number of methoxy groups -OCH3 is 1. The van der Waals surface area contributed by atoms with Crippen molar-refractivity contribution in [3.63, 3.8) is 0 Å². The Morgan fingerprint density at radius 2 is 1.96 bits per heavy atom. The quantitative estimate of drug-likeness (QED) is 0.475. The first-order chi connectivity index (χ1) is 13.7. The van der Waals surface area contributed by atoms with Crippen molar-refractivity contribution in [3.8, 4) is 5.88 Å². The number of rotatable bonds is 7. The largest absolute Gasteiger partial charge is 0.475 e. The summed E-state index contributed by atoms with van der Waals surface area (Å²) in [5, 5.41) is 14.4. The SMILES string of the molecule is COCCOc1ccc(CNc2nccc3c2sc2nnc(C)c(C)c23)cn1. The molecule has 4 aromatic rings. The van der Waals surface area contributed by atoms with Gasteiger partial charge in [0.2, 0.25) is 5.88 Å². The highest BCUT2D eigenvalue weighted by molar-refractivity contribution is 7.26. The fraction of sp³-hybridized carbons (Fsp3) is 0.300. The number of nitrogens with zero attached hydrogens (tertiary/aromatic N) is 4. The van der Waals surface area contributed by atoms with Gasteiger partial charge in [0.05, 0.1) is 17.0 Å². The van der Waals surface area contributed by atoms with E-state index < -0.39 is 0 Å². The van der Waals surface area contributed by atoms with E-state index in [-0.39, 0.29) is 0 Å². The number of ether oxygens (including phenoxy) is 2. The summed E-state index contributed by atoms with van der Waals surface area (Å²) >= 11 is 1.61. The van der Waals surface area contributed by atoms with E-state index in [4.69, 9.17) is 9.47 Å². The fourth-order valence-electron chi connectivity index (χ4n) is 2.96. The standard InChI is InChI=1S/C20H21N5O2S/c1-12-13(2)24-25-20-17(12)15-6-7-21-19(18(15)28-20)23-11-14-4-5-16(22-10-14)27-9-8-26-3/h4-7,10H,8-9,11H2,1-3H3,(H,21,23). The van der Waals surface area contributed by atoms with Crippen molar-refractivity contribution in [2.45, 2.75) is 20.4 Å². The summed E-state index contributed by atoms with van der Waals surface area (Å²) in [6.45, 7) is 5.73. The molecular weight excluding hydrogens is 374 g/mol. The van der Waals surface area contributed by atoms with Crippen molar-refractivity contribution in [1.29, 1.82) is 0 Å². The molecule has 7 nitrogen and oxygen atoms in total. The first-order valence-electron chi connectivity index (χ1n) is 8.99. The molecule has 4 rings (SSSR count). The Balaban J connectivity index is 1.54. The average molecular weight is 395 g/mol. The van der Waals surface area contributed by atoms with Crippen LogP contribution in [0.1, 0.15) is 16.8 Å². The van der Waals surface area contributed by atoms with Crippen LogP contribution in [0.25, 0.3) is 20.3 Å². The van der Waals surface area contributed by atoms with Crippen LogP contribution in [-0.4, -0.2) is 40.5 Å². The van der Waals surface area contributed by atoms with Gasteiger partial charge in [-0.15, -0.1) is 16.4 Å². The van der Waals surface area contributed by atoms with Gasteiger partial charge in [0, 0.05) is 42.9 Å². The van der Waals surface area contributed by atoms with E-state index in [0.717, 1.165) is 37.4 Å². The van der Waals surface area contributed by atoms with Gasteiger partial charge in [0.25, 0.3) is 0 Å². The lowest BCUT2D eigenvalue weighted by Gasteiger charge is -2.08. The summed E-state index contributed by atoms with van der Waals surface area (Å²) in [6, 6.07) is 5.90. The molecule has 0 saturated heterocycles. The van der Waals surface area contributed by atoms with Crippen LogP contribution in [0.4, 0.5) is 5.82 Å². The zero-order valence-corrected chi connectivity index (χ0v) is 16.8. The highest BCUT2D eigenvalue weighted by atomic mass is 32.1. The maximum absolute atomic E-state index is 5.50. The maximum Gasteiger partial charge on any atom is 0.213 e. The normalized spacial score (nSPS) is 11.2. The maximum atomic E-state index is 5.50. The molecule has 0 aromatic carbocycles. The Labute approximate surface area is 166 Å². The van der Waals surface area contributed by atoms with Crippen molar-refractivity contribution >= 4 is 37.5 Å². The molecule has 0 unspecified atom stereocenters. The van der Waals surface area contributed by atoms with Gasteiger partial charge in [-0.05, 0) is 31.0 Å². The van der Waals surface area contributed by atoms with Crippen LogP contribution in [0.2, 0.25) is 0 Å². The van der Waals surface area contributed by atoms with Crippen molar-refractivity contribution in [1.82, 2.24) is 20.2 Å². The molecule has 144 valence electrons. The first kappa shape index (κ1) is 18.5. The van der Waals surface area contributed by atoms with Crippen LogP contribution >= 0.6 is 11.3 Å². The van der Waals surface area contributed by atoms with E-state index in [1.807, 2.05) is 31.3 Å². The molecule has 0 fully saturated rings. The molecule has 4 aromatic heterocycles. The molecule has 0 saturated carbocycles. The number of nitrogens with one attached hydrogen (secondary N) is 1. The van der Waals surface area contributed by atoms with Crippen LogP contribution in [0.3, 0.4) is 0 Å². The number of thiophene rings is 1. The summed E-state index contributed by atoms with van der Waals surface area (Å²) in [6.07, 6.45) is 3.64. The number of fused-ring (bicyclic) bond motifs is 3. The van der Waals surface area contributed by atoms with Crippen LogP contribution in [0, 0.1) is 13.8 Å². The fourth-order valence-corrected chi connectivity index (χ4v) is 4.10. The predicted octanol–water partition coefficient (Wildman–Crippen LogP) is 3.89. The number of hydrogen-bond acceptors (Lipinski definition) is 8. The zero-order valence-electron chi connectivity index (χ0n) is 16.0. The number of aryl methyl sites for hydroxylation is 2. The minimum Gasteiger partial charge on any atom is -0.475 e. The van der Waals surface area contributed by atoms with E-state index in [2.05, 4.69) is 32.4 Å². The molecule has 0 aliphatic carbocycles. The monoisotopic (exact) mass is 395 g/mol. The number of anilines is 1. The minimum absolute atomic E-state index is 0.487. The van der Waals surface area contributed by atoms with Gasteiger partial charge in [0.15, 0.2) is 0 Å². The molecule has 1 N–H and O–H groups in total. The molecule has 4 heterocycles. The lowest BCUT2D eigenvalue weighted by atomic mass is 10.1. The second kappa shape index (κ2) is 8.04. The van der Waals surface area contributed by atoms with E-state index in [1.54, 1.807) is 24.6 Å². The Hall–Kier alpha value is -2.84. The van der Waals surface area contributed by atoms with Gasteiger partial charge in [-0.3, -0.25) is 0 Å². The van der Waals surface area contributed by atoms with Crippen LogP contribution in [0.15, 0.2) is 30.6 Å². The molecule has 0 aliphatic heterocycles. The molecule has 0 aliphatic rings. The number of aromatic nitrogens is 4. The Kier molecular flexibility index (Phi) is 5.31. The zero-order chi connectivity index (χ0) is 19.5. The van der Waals surface area contributed by atoms with Crippen molar-refractivity contribution in [3.05, 3.63) is 47.4 Å². The summed E-state index contributed by atoms with van der Waals surface area (Å²) < 4.78 is 11.6. The van der Waals surface area contributed by atoms with Crippen LogP contribution in [-0.2, 0) is 11.3 Å². The molecule has 8 heteroatoms. The molecule has 0 radical (unpaired) electrons. The smallest absolute Gasteiger partial charge is 0.213 e. The molecular formula is C20H21N5O2S. The predicted molar refractivity (Wildman–Crippen MR) is 111 cm³/mol. The molecule has 28 heavy (non-hydrogen) atoms. The first-order valence-corrected chi connectivity index (χ1v) is 9.80. The van der Waals surface area contributed by atoms with E-state index in [9.17, 15) is 0 Å². The third-order valence-electron chi connectivity index (χ3n) is 4.59. The third kappa shape index (κ3) is 3.61. The van der Waals surface area contributed by atoms with Gasteiger partial charge in [0.1, 0.15) is 17.3 Å². The molecule has 0 amide bonds. The van der Waals surface area contributed by atoms with Gasteiger partial charge >= 0.3 is 0 Å². The number of hydrogen-bond donors (Lipinski definition) is 1. The van der Waals surface area contributed by atoms with Crippen LogP contribution in [0.5, 0.6) is 5.88 Å². The lowest BCUT2D eigenvalue weighted by molar-refractivity contribution is 0.143. The van der Waals surface area contributed by atoms with Gasteiger partial charge in [-0.1, -0.05) is 6.07 Å².